The van der Waals surface area contributed by atoms with Gasteiger partial charge in [0.1, 0.15) is 19.0 Å². The molecule has 2 aromatic rings. The van der Waals surface area contributed by atoms with Crippen LogP contribution in [0, 0.1) is 5.82 Å². The zero-order chi connectivity index (χ0) is 15.1. The van der Waals surface area contributed by atoms with Crippen molar-refractivity contribution in [3.05, 3.63) is 58.3 Å². The fraction of sp³-hybridized carbons (Fsp3) is 0.250. The molecule has 0 atom stereocenters. The van der Waals surface area contributed by atoms with Crippen LogP contribution in [0.4, 0.5) is 4.39 Å². The third kappa shape index (κ3) is 5.02. The Morgan fingerprint density at radius 1 is 1.05 bits per heavy atom. The Bertz CT molecular complexity index is 592. The molecule has 0 aliphatic rings. The van der Waals surface area contributed by atoms with Crippen molar-refractivity contribution in [1.29, 1.82) is 0 Å². The van der Waals surface area contributed by atoms with E-state index >= 15 is 0 Å². The minimum Gasteiger partial charge on any atom is -0.490 e. The first-order valence-electron chi connectivity index (χ1n) is 6.68. The van der Waals surface area contributed by atoms with E-state index in [4.69, 9.17) is 15.2 Å². The third-order valence-electron chi connectivity index (χ3n) is 2.84. The molecule has 0 unspecified atom stereocenters. The van der Waals surface area contributed by atoms with Gasteiger partial charge < -0.3 is 15.2 Å². The number of benzene rings is 2. The summed E-state index contributed by atoms with van der Waals surface area (Å²) in [5, 5.41) is 0. The Kier molecular flexibility index (Phi) is 6.02. The van der Waals surface area contributed by atoms with Gasteiger partial charge in [-0.25, -0.2) is 4.39 Å². The highest BCUT2D eigenvalue weighted by Gasteiger charge is 2.04. The lowest BCUT2D eigenvalue weighted by Gasteiger charge is -2.10. The second-order valence-electron chi connectivity index (χ2n) is 4.46. The van der Waals surface area contributed by atoms with E-state index in [9.17, 15) is 4.39 Å². The van der Waals surface area contributed by atoms with Crippen molar-refractivity contribution >= 4 is 15.9 Å². The zero-order valence-electron chi connectivity index (χ0n) is 11.5. The minimum atomic E-state index is -0.372. The molecular formula is C16H17BrFNO2. The van der Waals surface area contributed by atoms with Crippen molar-refractivity contribution in [1.82, 2.24) is 0 Å². The van der Waals surface area contributed by atoms with Crippen LogP contribution in [0.3, 0.4) is 0 Å². The van der Waals surface area contributed by atoms with Gasteiger partial charge in [-0.2, -0.15) is 0 Å². The summed E-state index contributed by atoms with van der Waals surface area (Å²) in [6, 6.07) is 12.4. The second kappa shape index (κ2) is 8.00. The molecule has 0 aliphatic carbocycles. The van der Waals surface area contributed by atoms with E-state index < -0.39 is 0 Å². The molecule has 0 saturated heterocycles. The number of halogens is 2. The molecule has 2 N–H and O–H groups in total. The number of rotatable bonds is 7. The molecule has 0 amide bonds. The molecule has 0 aromatic heterocycles. The largest absolute Gasteiger partial charge is 0.490 e. The smallest absolute Gasteiger partial charge is 0.165 e. The fourth-order valence-electron chi connectivity index (χ4n) is 1.85. The second-order valence-corrected chi connectivity index (χ2v) is 5.37. The fourth-order valence-corrected chi connectivity index (χ4v) is 2.23. The van der Waals surface area contributed by atoms with Gasteiger partial charge in [-0.3, -0.25) is 0 Å². The normalized spacial score (nSPS) is 10.4. The molecule has 3 nitrogen and oxygen atoms in total. The number of hydrogen-bond donors (Lipinski definition) is 1. The summed E-state index contributed by atoms with van der Waals surface area (Å²) in [5.41, 5.74) is 6.31. The van der Waals surface area contributed by atoms with E-state index in [1.807, 2.05) is 30.3 Å². The summed E-state index contributed by atoms with van der Waals surface area (Å²) in [6.07, 6.45) is 0.656. The predicted molar refractivity (Wildman–Crippen MR) is 84.3 cm³/mol. The van der Waals surface area contributed by atoms with Crippen molar-refractivity contribution < 1.29 is 13.9 Å². The molecule has 0 radical (unpaired) electrons. The highest BCUT2D eigenvalue weighted by atomic mass is 79.9. The average molecular weight is 354 g/mol. The molecule has 0 heterocycles. The standard InChI is InChI=1S/C16H17BrFNO2/c17-13-2-1-3-14(11-13)20-8-9-21-16-5-4-12(6-7-19)10-15(16)18/h1-5,10-11H,6-9,19H2. The zero-order valence-corrected chi connectivity index (χ0v) is 13.1. The van der Waals surface area contributed by atoms with Gasteiger partial charge in [0, 0.05) is 4.47 Å². The van der Waals surface area contributed by atoms with Crippen molar-refractivity contribution in [3.8, 4) is 11.5 Å². The molecule has 2 aromatic carbocycles. The molecular weight excluding hydrogens is 337 g/mol. The maximum Gasteiger partial charge on any atom is 0.165 e. The number of hydrogen-bond acceptors (Lipinski definition) is 3. The minimum absolute atomic E-state index is 0.230. The van der Waals surface area contributed by atoms with Gasteiger partial charge in [0.15, 0.2) is 11.6 Å². The van der Waals surface area contributed by atoms with Crippen LogP contribution in [0.15, 0.2) is 46.9 Å². The van der Waals surface area contributed by atoms with Crippen LogP contribution in [-0.4, -0.2) is 19.8 Å². The van der Waals surface area contributed by atoms with Crippen LogP contribution < -0.4 is 15.2 Å². The monoisotopic (exact) mass is 353 g/mol. The molecule has 2 rings (SSSR count). The topological polar surface area (TPSA) is 44.5 Å². The molecule has 0 aliphatic heterocycles. The maximum absolute atomic E-state index is 13.8. The lowest BCUT2D eigenvalue weighted by molar-refractivity contribution is 0.211. The van der Waals surface area contributed by atoms with Gasteiger partial charge in [-0.05, 0) is 48.9 Å². The van der Waals surface area contributed by atoms with Crippen molar-refractivity contribution in [2.75, 3.05) is 19.8 Å². The van der Waals surface area contributed by atoms with E-state index in [1.54, 1.807) is 6.07 Å². The van der Waals surface area contributed by atoms with Crippen molar-refractivity contribution in [3.63, 3.8) is 0 Å². The van der Waals surface area contributed by atoms with Crippen LogP contribution in [0.25, 0.3) is 0 Å². The van der Waals surface area contributed by atoms with Crippen LogP contribution in [-0.2, 0) is 6.42 Å². The van der Waals surface area contributed by atoms with Crippen LogP contribution in [0.1, 0.15) is 5.56 Å². The van der Waals surface area contributed by atoms with E-state index in [1.165, 1.54) is 6.07 Å². The molecule has 0 spiro atoms. The Balaban J connectivity index is 1.81. The lowest BCUT2D eigenvalue weighted by atomic mass is 10.1. The van der Waals surface area contributed by atoms with Crippen LogP contribution in [0.2, 0.25) is 0 Å². The SMILES string of the molecule is NCCc1ccc(OCCOc2cccc(Br)c2)c(F)c1. The molecule has 0 saturated carbocycles. The van der Waals surface area contributed by atoms with Gasteiger partial charge in [-0.15, -0.1) is 0 Å². The molecule has 0 fully saturated rings. The van der Waals surface area contributed by atoms with E-state index in [2.05, 4.69) is 15.9 Å². The predicted octanol–water partition coefficient (Wildman–Crippen LogP) is 3.55. The Labute approximate surface area is 132 Å². The summed E-state index contributed by atoms with van der Waals surface area (Å²) in [6.45, 7) is 1.13. The maximum atomic E-state index is 13.8. The summed E-state index contributed by atoms with van der Waals surface area (Å²) in [7, 11) is 0. The quantitative estimate of drug-likeness (QED) is 0.774. The highest BCUT2D eigenvalue weighted by molar-refractivity contribution is 9.10. The van der Waals surface area contributed by atoms with Crippen LogP contribution >= 0.6 is 15.9 Å². The van der Waals surface area contributed by atoms with Gasteiger partial charge in [0.05, 0.1) is 0 Å². The first-order chi connectivity index (χ1) is 10.2. The first kappa shape index (κ1) is 15.8. The Morgan fingerprint density at radius 2 is 1.86 bits per heavy atom. The van der Waals surface area contributed by atoms with Crippen LogP contribution in [0.5, 0.6) is 11.5 Å². The first-order valence-corrected chi connectivity index (χ1v) is 7.48. The van der Waals surface area contributed by atoms with E-state index in [0.29, 0.717) is 19.6 Å². The third-order valence-corrected chi connectivity index (χ3v) is 3.33. The Hall–Kier alpha value is -1.59. The summed E-state index contributed by atoms with van der Waals surface area (Å²) in [5.74, 6) is 0.601. The molecule has 112 valence electrons. The number of nitrogens with two attached hydrogens (primary N) is 1. The van der Waals surface area contributed by atoms with Gasteiger partial charge in [0.25, 0.3) is 0 Å². The molecule has 5 heteroatoms. The Morgan fingerprint density at radius 3 is 2.57 bits per heavy atom. The summed E-state index contributed by atoms with van der Waals surface area (Å²) >= 11 is 3.37. The van der Waals surface area contributed by atoms with Gasteiger partial charge >= 0.3 is 0 Å². The van der Waals surface area contributed by atoms with Gasteiger partial charge in [-0.1, -0.05) is 28.1 Å². The highest BCUT2D eigenvalue weighted by Crippen LogP contribution is 2.19. The molecule has 21 heavy (non-hydrogen) atoms. The summed E-state index contributed by atoms with van der Waals surface area (Å²) in [4.78, 5) is 0. The van der Waals surface area contributed by atoms with Crippen molar-refractivity contribution in [2.24, 2.45) is 5.73 Å². The van der Waals surface area contributed by atoms with Crippen molar-refractivity contribution in [2.45, 2.75) is 6.42 Å². The summed E-state index contributed by atoms with van der Waals surface area (Å²) < 4.78 is 25.6. The van der Waals surface area contributed by atoms with E-state index in [0.717, 1.165) is 15.8 Å². The average Bonchev–Trinajstić information content (AvgIpc) is 2.46. The van der Waals surface area contributed by atoms with Gasteiger partial charge in [0.2, 0.25) is 0 Å². The molecule has 0 bridgehead atoms. The van der Waals surface area contributed by atoms with E-state index in [-0.39, 0.29) is 18.2 Å². The number of ether oxygens (including phenoxy) is 2. The lowest BCUT2D eigenvalue weighted by Crippen LogP contribution is -2.10.